The summed E-state index contributed by atoms with van der Waals surface area (Å²) >= 11 is 0. The second-order valence-electron chi connectivity index (χ2n) is 6.10. The fourth-order valence-corrected chi connectivity index (χ4v) is 3.36. The van der Waals surface area contributed by atoms with Crippen LogP contribution in [-0.2, 0) is 14.2 Å². The summed E-state index contributed by atoms with van der Waals surface area (Å²) in [6.45, 7) is 5.19. The molecule has 1 aromatic heterocycles. The van der Waals surface area contributed by atoms with Crippen LogP contribution < -0.4 is 5.32 Å². The number of ether oxygens (including phenoxy) is 3. The van der Waals surface area contributed by atoms with E-state index in [1.165, 1.54) is 7.11 Å². The average Bonchev–Trinajstić information content (AvgIpc) is 2.92. The number of esters is 1. The molecule has 6 heteroatoms. The van der Waals surface area contributed by atoms with Crippen molar-refractivity contribution in [1.82, 2.24) is 9.88 Å². The molecule has 0 amide bonds. The maximum atomic E-state index is 12.2. The molecule has 1 aromatic carbocycles. The van der Waals surface area contributed by atoms with Gasteiger partial charge in [0, 0.05) is 16.6 Å². The summed E-state index contributed by atoms with van der Waals surface area (Å²) < 4.78 is 18.8. The van der Waals surface area contributed by atoms with Gasteiger partial charge in [0.1, 0.15) is 0 Å². The van der Waals surface area contributed by atoms with Crippen LogP contribution in [0.1, 0.15) is 29.0 Å². The molecule has 130 valence electrons. The molecule has 0 spiro atoms. The molecule has 0 radical (unpaired) electrons. The van der Waals surface area contributed by atoms with E-state index >= 15 is 0 Å². The van der Waals surface area contributed by atoms with E-state index in [0.717, 1.165) is 16.6 Å². The van der Waals surface area contributed by atoms with Gasteiger partial charge < -0.3 is 24.1 Å². The Morgan fingerprint density at radius 2 is 2.00 bits per heavy atom. The Bertz CT molecular complexity index is 732. The fourth-order valence-electron chi connectivity index (χ4n) is 3.36. The van der Waals surface area contributed by atoms with Gasteiger partial charge in [0.05, 0.1) is 38.0 Å². The van der Waals surface area contributed by atoms with E-state index in [9.17, 15) is 4.79 Å². The lowest BCUT2D eigenvalue weighted by atomic mass is 10.1. The van der Waals surface area contributed by atoms with Gasteiger partial charge in [-0.3, -0.25) is 0 Å². The molecule has 1 saturated heterocycles. The van der Waals surface area contributed by atoms with Gasteiger partial charge in [-0.15, -0.1) is 0 Å². The highest BCUT2D eigenvalue weighted by molar-refractivity contribution is 6.05. The van der Waals surface area contributed by atoms with Gasteiger partial charge in [0.2, 0.25) is 0 Å². The SMILES string of the molecule is CNC1COC(C(C)n2c(C)c(C(=O)OC)c3ccccc32)OC1. The number of rotatable bonds is 4. The molecule has 1 aliphatic heterocycles. The Kier molecular flexibility index (Phi) is 4.89. The molecular weight excluding hydrogens is 308 g/mol. The zero-order valence-electron chi connectivity index (χ0n) is 14.5. The van der Waals surface area contributed by atoms with Crippen molar-refractivity contribution < 1.29 is 19.0 Å². The van der Waals surface area contributed by atoms with Gasteiger partial charge >= 0.3 is 5.97 Å². The molecule has 0 bridgehead atoms. The molecule has 2 aromatic rings. The van der Waals surface area contributed by atoms with Gasteiger partial charge in [0.25, 0.3) is 0 Å². The van der Waals surface area contributed by atoms with Crippen molar-refractivity contribution in [2.24, 2.45) is 0 Å². The molecule has 0 aliphatic carbocycles. The minimum Gasteiger partial charge on any atom is -0.465 e. The van der Waals surface area contributed by atoms with E-state index < -0.39 is 0 Å². The Hall–Kier alpha value is -1.89. The Morgan fingerprint density at radius 1 is 1.33 bits per heavy atom. The Balaban J connectivity index is 2.00. The fraction of sp³-hybridized carbons (Fsp3) is 0.500. The van der Waals surface area contributed by atoms with Gasteiger partial charge in [-0.2, -0.15) is 0 Å². The molecule has 1 N–H and O–H groups in total. The monoisotopic (exact) mass is 332 g/mol. The summed E-state index contributed by atoms with van der Waals surface area (Å²) in [5.41, 5.74) is 2.44. The molecule has 6 nitrogen and oxygen atoms in total. The summed E-state index contributed by atoms with van der Waals surface area (Å²) in [6, 6.07) is 7.98. The summed E-state index contributed by atoms with van der Waals surface area (Å²) in [4.78, 5) is 12.2. The van der Waals surface area contributed by atoms with Gasteiger partial charge in [-0.1, -0.05) is 18.2 Å². The number of hydrogen-bond acceptors (Lipinski definition) is 5. The first-order valence-corrected chi connectivity index (χ1v) is 8.16. The van der Waals surface area contributed by atoms with Crippen LogP contribution >= 0.6 is 0 Å². The predicted molar refractivity (Wildman–Crippen MR) is 91.3 cm³/mol. The lowest BCUT2D eigenvalue weighted by molar-refractivity contribution is -0.207. The number of methoxy groups -OCH3 is 1. The lowest BCUT2D eigenvalue weighted by Crippen LogP contribution is -2.45. The van der Waals surface area contributed by atoms with E-state index in [4.69, 9.17) is 14.2 Å². The highest BCUT2D eigenvalue weighted by Gasteiger charge is 2.30. The number of nitrogens with one attached hydrogen (secondary N) is 1. The van der Waals surface area contributed by atoms with Crippen molar-refractivity contribution >= 4 is 16.9 Å². The predicted octanol–water partition coefficient (Wildman–Crippen LogP) is 2.26. The summed E-state index contributed by atoms with van der Waals surface area (Å²) in [6.07, 6.45) is -0.352. The molecule has 1 unspecified atom stereocenters. The number of para-hydroxylation sites is 1. The zero-order chi connectivity index (χ0) is 17.3. The van der Waals surface area contributed by atoms with E-state index in [-0.39, 0.29) is 24.3 Å². The molecule has 2 heterocycles. The Labute approximate surface area is 141 Å². The van der Waals surface area contributed by atoms with Crippen LogP contribution in [0.4, 0.5) is 0 Å². The van der Waals surface area contributed by atoms with E-state index in [0.29, 0.717) is 18.8 Å². The number of fused-ring (bicyclic) bond motifs is 1. The number of carbonyl (C=O) groups excluding carboxylic acids is 1. The van der Waals surface area contributed by atoms with Crippen LogP contribution in [0.3, 0.4) is 0 Å². The van der Waals surface area contributed by atoms with E-state index in [1.807, 2.05) is 45.2 Å². The van der Waals surface area contributed by atoms with Crippen LogP contribution in [0.15, 0.2) is 24.3 Å². The Morgan fingerprint density at radius 3 is 2.62 bits per heavy atom. The topological polar surface area (TPSA) is 61.7 Å². The summed E-state index contributed by atoms with van der Waals surface area (Å²) in [7, 11) is 3.30. The zero-order valence-corrected chi connectivity index (χ0v) is 14.5. The van der Waals surface area contributed by atoms with Crippen LogP contribution in [0, 0.1) is 6.92 Å². The highest BCUT2D eigenvalue weighted by atomic mass is 16.7. The number of likely N-dealkylation sites (N-methyl/N-ethyl adjacent to an activating group) is 1. The molecule has 0 saturated carbocycles. The normalized spacial score (nSPS) is 22.5. The average molecular weight is 332 g/mol. The second kappa shape index (κ2) is 6.93. The number of benzene rings is 1. The third-order valence-electron chi connectivity index (χ3n) is 4.68. The third kappa shape index (κ3) is 2.81. The lowest BCUT2D eigenvalue weighted by Gasteiger charge is -2.34. The second-order valence-corrected chi connectivity index (χ2v) is 6.10. The standard InChI is InChI=1S/C18H24N2O4/c1-11-16(17(21)22-4)14-7-5-6-8-15(14)20(11)12(2)18-23-9-13(19-3)10-24-18/h5-8,12-13,18-19H,9-10H2,1-4H3. The first kappa shape index (κ1) is 17.0. The highest BCUT2D eigenvalue weighted by Crippen LogP contribution is 2.32. The van der Waals surface area contributed by atoms with Crippen LogP contribution in [0.5, 0.6) is 0 Å². The molecular formula is C18H24N2O4. The van der Waals surface area contributed by atoms with Crippen LogP contribution in [0.2, 0.25) is 0 Å². The van der Waals surface area contributed by atoms with Gasteiger partial charge in [-0.25, -0.2) is 4.79 Å². The van der Waals surface area contributed by atoms with Crippen molar-refractivity contribution in [3.05, 3.63) is 35.5 Å². The van der Waals surface area contributed by atoms with Gasteiger partial charge in [-0.05, 0) is 27.0 Å². The van der Waals surface area contributed by atoms with E-state index in [2.05, 4.69) is 9.88 Å². The number of aromatic nitrogens is 1. The van der Waals surface area contributed by atoms with Crippen molar-refractivity contribution in [3.8, 4) is 0 Å². The van der Waals surface area contributed by atoms with Crippen molar-refractivity contribution in [2.75, 3.05) is 27.4 Å². The molecule has 1 fully saturated rings. The maximum absolute atomic E-state index is 12.2. The summed E-state index contributed by atoms with van der Waals surface area (Å²) in [5, 5.41) is 4.04. The first-order chi connectivity index (χ1) is 11.6. The quantitative estimate of drug-likeness (QED) is 0.870. The molecule has 1 atom stereocenters. The number of nitrogens with zero attached hydrogens (tertiary/aromatic N) is 1. The van der Waals surface area contributed by atoms with Crippen molar-refractivity contribution in [1.29, 1.82) is 0 Å². The molecule has 1 aliphatic rings. The largest absolute Gasteiger partial charge is 0.465 e. The van der Waals surface area contributed by atoms with Crippen molar-refractivity contribution in [3.63, 3.8) is 0 Å². The molecule has 24 heavy (non-hydrogen) atoms. The summed E-state index contributed by atoms with van der Waals surface area (Å²) in [5.74, 6) is -0.324. The van der Waals surface area contributed by atoms with Crippen LogP contribution in [0.25, 0.3) is 10.9 Å². The number of hydrogen-bond donors (Lipinski definition) is 1. The van der Waals surface area contributed by atoms with E-state index in [1.54, 1.807) is 0 Å². The smallest absolute Gasteiger partial charge is 0.340 e. The number of carbonyl (C=O) groups is 1. The molecule has 3 rings (SSSR count). The minimum absolute atomic E-state index is 0.0638. The first-order valence-electron chi connectivity index (χ1n) is 8.16. The van der Waals surface area contributed by atoms with Crippen LogP contribution in [-0.4, -0.2) is 50.2 Å². The maximum Gasteiger partial charge on any atom is 0.340 e. The third-order valence-corrected chi connectivity index (χ3v) is 4.68. The minimum atomic E-state index is -0.352. The van der Waals surface area contributed by atoms with Crippen molar-refractivity contribution in [2.45, 2.75) is 32.2 Å². The van der Waals surface area contributed by atoms with Gasteiger partial charge in [0.15, 0.2) is 6.29 Å².